The molecule has 0 radical (unpaired) electrons. The summed E-state index contributed by atoms with van der Waals surface area (Å²) in [5.74, 6) is -4.03. The number of carbonyl (C=O) groups is 1. The van der Waals surface area contributed by atoms with Crippen molar-refractivity contribution in [3.8, 4) is 11.1 Å². The van der Waals surface area contributed by atoms with E-state index in [1.165, 1.54) is 4.68 Å². The molecule has 0 bridgehead atoms. The fourth-order valence-electron chi connectivity index (χ4n) is 3.34. The van der Waals surface area contributed by atoms with E-state index in [9.17, 15) is 18.7 Å². The molecule has 1 aromatic heterocycles. The van der Waals surface area contributed by atoms with Crippen LogP contribution in [0.5, 0.6) is 0 Å². The van der Waals surface area contributed by atoms with Gasteiger partial charge in [-0.3, -0.25) is 0 Å². The fraction of sp³-hybridized carbons (Fsp3) is 0.292. The molecule has 162 valence electrons. The molecule has 31 heavy (non-hydrogen) atoms. The van der Waals surface area contributed by atoms with E-state index >= 15 is 0 Å². The van der Waals surface area contributed by atoms with Crippen molar-refractivity contribution in [1.82, 2.24) is 14.8 Å². The highest BCUT2D eigenvalue weighted by atomic mass is 19.3. The van der Waals surface area contributed by atoms with Crippen LogP contribution in [0.25, 0.3) is 11.1 Å². The smallest absolute Gasteiger partial charge is 0.336 e. The Kier molecular flexibility index (Phi) is 6.95. The number of alkyl halides is 2. The Bertz CT molecular complexity index is 1070. The average molecular weight is 425 g/mol. The van der Waals surface area contributed by atoms with E-state index in [1.807, 2.05) is 43.3 Å². The summed E-state index contributed by atoms with van der Waals surface area (Å²) in [6.45, 7) is 3.93. The second kappa shape index (κ2) is 9.64. The molecular weight excluding hydrogens is 400 g/mol. The Hall–Kier alpha value is -3.35. The van der Waals surface area contributed by atoms with Gasteiger partial charge in [0.2, 0.25) is 5.82 Å². The van der Waals surface area contributed by atoms with Crippen LogP contribution in [-0.4, -0.2) is 25.8 Å². The first-order valence-electron chi connectivity index (χ1n) is 10.2. The summed E-state index contributed by atoms with van der Waals surface area (Å²) in [4.78, 5) is 15.6. The lowest BCUT2D eigenvalue weighted by Gasteiger charge is -2.10. The lowest BCUT2D eigenvalue weighted by molar-refractivity contribution is -0.0232. The summed E-state index contributed by atoms with van der Waals surface area (Å²) < 4.78 is 30.2. The van der Waals surface area contributed by atoms with E-state index in [2.05, 4.69) is 10.1 Å². The van der Waals surface area contributed by atoms with Crippen LogP contribution in [0, 0.1) is 0 Å². The third-order valence-corrected chi connectivity index (χ3v) is 4.94. The largest absolute Gasteiger partial charge is 0.478 e. The zero-order valence-corrected chi connectivity index (χ0v) is 17.6. The van der Waals surface area contributed by atoms with Crippen LogP contribution < -0.4 is 0 Å². The Morgan fingerprint density at radius 2 is 1.87 bits per heavy atom. The molecule has 0 spiro atoms. The van der Waals surface area contributed by atoms with Crippen molar-refractivity contribution in [2.24, 2.45) is 0 Å². The van der Waals surface area contributed by atoms with Crippen LogP contribution >= 0.6 is 0 Å². The average Bonchev–Trinajstić information content (AvgIpc) is 3.16. The summed E-state index contributed by atoms with van der Waals surface area (Å²) in [7, 11) is 0. The van der Waals surface area contributed by atoms with Gasteiger partial charge in [-0.1, -0.05) is 61.5 Å². The lowest BCUT2D eigenvalue weighted by Crippen LogP contribution is -2.15. The van der Waals surface area contributed by atoms with Crippen molar-refractivity contribution in [1.29, 1.82) is 0 Å². The highest BCUT2D eigenvalue weighted by molar-refractivity contribution is 5.95. The number of carboxylic acid groups (broad SMARTS) is 1. The number of rotatable bonds is 9. The molecule has 0 atom stereocenters. The van der Waals surface area contributed by atoms with Gasteiger partial charge in [-0.05, 0) is 36.1 Å². The van der Waals surface area contributed by atoms with Crippen LogP contribution in [0.2, 0.25) is 0 Å². The minimum atomic E-state index is -3.06. The zero-order valence-electron chi connectivity index (χ0n) is 17.6. The van der Waals surface area contributed by atoms with Crippen molar-refractivity contribution in [3.05, 3.63) is 83.5 Å². The maximum Gasteiger partial charge on any atom is 0.336 e. The van der Waals surface area contributed by atoms with Crippen molar-refractivity contribution >= 4 is 5.97 Å². The third-order valence-electron chi connectivity index (χ3n) is 4.94. The van der Waals surface area contributed by atoms with Gasteiger partial charge in [0.05, 0.1) is 12.1 Å². The Morgan fingerprint density at radius 1 is 1.16 bits per heavy atom. The van der Waals surface area contributed by atoms with Crippen LogP contribution in [0.3, 0.4) is 0 Å². The number of aromatic carboxylic acids is 1. The van der Waals surface area contributed by atoms with Gasteiger partial charge in [-0.15, -0.1) is 5.10 Å². The number of allylic oxidation sites excluding steroid dienone is 2. The molecule has 3 rings (SSSR count). The van der Waals surface area contributed by atoms with Gasteiger partial charge in [0.25, 0.3) is 0 Å². The van der Waals surface area contributed by atoms with Gasteiger partial charge in [0.15, 0.2) is 0 Å². The summed E-state index contributed by atoms with van der Waals surface area (Å²) in [6, 6.07) is 14.2. The Labute approximate surface area is 180 Å². The molecule has 0 saturated carbocycles. The van der Waals surface area contributed by atoms with Crippen LogP contribution in [-0.2, 0) is 18.9 Å². The van der Waals surface area contributed by atoms with Crippen molar-refractivity contribution in [2.75, 3.05) is 0 Å². The summed E-state index contributed by atoms with van der Waals surface area (Å²) in [6.07, 6.45) is 4.06. The van der Waals surface area contributed by atoms with E-state index in [-0.39, 0.29) is 12.0 Å². The molecule has 0 aliphatic heterocycles. The van der Waals surface area contributed by atoms with Gasteiger partial charge in [0.1, 0.15) is 5.82 Å². The molecule has 1 N–H and O–H groups in total. The molecule has 3 aromatic rings. The van der Waals surface area contributed by atoms with E-state index in [1.54, 1.807) is 31.2 Å². The van der Waals surface area contributed by atoms with Gasteiger partial charge in [-0.2, -0.15) is 8.78 Å². The minimum Gasteiger partial charge on any atom is -0.478 e. The number of hydrogen-bond donors (Lipinski definition) is 1. The first-order valence-corrected chi connectivity index (χ1v) is 10.2. The number of aromatic nitrogens is 3. The van der Waals surface area contributed by atoms with E-state index in [0.717, 1.165) is 11.1 Å². The van der Waals surface area contributed by atoms with E-state index in [0.29, 0.717) is 30.8 Å². The summed E-state index contributed by atoms with van der Waals surface area (Å²) in [5.41, 5.74) is 2.49. The number of hydrogen-bond acceptors (Lipinski definition) is 3. The van der Waals surface area contributed by atoms with Crippen molar-refractivity contribution in [2.45, 2.75) is 45.6 Å². The third kappa shape index (κ3) is 5.23. The van der Waals surface area contributed by atoms with Gasteiger partial charge in [-0.25, -0.2) is 14.5 Å². The molecule has 0 unspecified atom stereocenters. The topological polar surface area (TPSA) is 68.0 Å². The van der Waals surface area contributed by atoms with Crippen molar-refractivity contribution < 1.29 is 18.7 Å². The number of nitrogens with zero attached hydrogens (tertiary/aromatic N) is 3. The number of carboxylic acids is 1. The monoisotopic (exact) mass is 425 g/mol. The molecule has 0 amide bonds. The molecule has 1 heterocycles. The second-order valence-corrected chi connectivity index (χ2v) is 7.28. The van der Waals surface area contributed by atoms with Gasteiger partial charge in [0, 0.05) is 12.8 Å². The molecular formula is C24H25F2N3O2. The van der Waals surface area contributed by atoms with Crippen LogP contribution in [0.15, 0.2) is 60.7 Å². The summed E-state index contributed by atoms with van der Waals surface area (Å²) in [5, 5.41) is 13.5. The maximum atomic E-state index is 14.4. The molecule has 5 nitrogen and oxygen atoms in total. The second-order valence-electron chi connectivity index (χ2n) is 7.28. The van der Waals surface area contributed by atoms with E-state index in [4.69, 9.17) is 0 Å². The SMILES string of the molecule is CC=CCn1nc(C(F)(F)CCC)nc1Cc1ccc(-c2ccccc2C(=O)O)cc1. The lowest BCUT2D eigenvalue weighted by atomic mass is 9.98. The normalized spacial score (nSPS) is 11.9. The summed E-state index contributed by atoms with van der Waals surface area (Å²) >= 11 is 0. The molecule has 0 saturated heterocycles. The highest BCUT2D eigenvalue weighted by Crippen LogP contribution is 2.31. The minimum absolute atomic E-state index is 0.226. The zero-order chi connectivity index (χ0) is 22.4. The van der Waals surface area contributed by atoms with Gasteiger partial charge < -0.3 is 5.11 Å². The Balaban J connectivity index is 1.89. The predicted molar refractivity (Wildman–Crippen MR) is 115 cm³/mol. The fourth-order valence-corrected chi connectivity index (χ4v) is 3.34. The molecule has 2 aromatic carbocycles. The van der Waals surface area contributed by atoms with Crippen molar-refractivity contribution in [3.63, 3.8) is 0 Å². The first kappa shape index (κ1) is 22.3. The molecule has 0 fully saturated rings. The van der Waals surface area contributed by atoms with Crippen LogP contribution in [0.1, 0.15) is 54.3 Å². The quantitative estimate of drug-likeness (QED) is 0.447. The first-order chi connectivity index (χ1) is 14.9. The number of benzene rings is 2. The standard InChI is InChI=1S/C24H25F2N3O2/c1-3-5-15-29-21(27-23(28-29)24(25,26)14-4-2)16-17-10-12-18(13-11-17)19-8-6-7-9-20(19)22(30)31/h3,5-13H,4,14-16H2,1-2H3,(H,30,31). The Morgan fingerprint density at radius 3 is 2.52 bits per heavy atom. The number of halogens is 2. The molecule has 0 aliphatic rings. The highest BCUT2D eigenvalue weighted by Gasteiger charge is 2.36. The maximum absolute atomic E-state index is 14.4. The molecule has 0 aliphatic carbocycles. The molecule has 7 heteroatoms. The van der Waals surface area contributed by atoms with Crippen LogP contribution in [0.4, 0.5) is 8.78 Å². The predicted octanol–water partition coefficient (Wildman–Crippen LogP) is 5.70. The van der Waals surface area contributed by atoms with E-state index < -0.39 is 17.7 Å². The van der Waals surface area contributed by atoms with Gasteiger partial charge >= 0.3 is 11.9 Å².